The third kappa shape index (κ3) is 5.96. The van der Waals surface area contributed by atoms with Gasteiger partial charge in [0.1, 0.15) is 5.75 Å². The van der Waals surface area contributed by atoms with Crippen molar-refractivity contribution >= 4 is 26.7 Å². The molecule has 0 aliphatic carbocycles. The van der Waals surface area contributed by atoms with Crippen LogP contribution in [0.5, 0.6) is 17.2 Å². The van der Waals surface area contributed by atoms with E-state index in [-0.39, 0.29) is 6.61 Å². The molecule has 4 rings (SSSR count). The van der Waals surface area contributed by atoms with Gasteiger partial charge in [0.2, 0.25) is 5.69 Å². The van der Waals surface area contributed by atoms with E-state index in [9.17, 15) is 5.11 Å². The summed E-state index contributed by atoms with van der Waals surface area (Å²) in [6.07, 6.45) is 11.5. The number of ether oxygens (including phenoxy) is 3. The van der Waals surface area contributed by atoms with Gasteiger partial charge in [0.15, 0.2) is 23.7 Å². The van der Waals surface area contributed by atoms with Gasteiger partial charge >= 0.3 is 0 Å². The second-order valence-corrected chi connectivity index (χ2v) is 11.1. The highest BCUT2D eigenvalue weighted by molar-refractivity contribution is 9.10. The van der Waals surface area contributed by atoms with E-state index in [2.05, 4.69) is 52.5 Å². The van der Waals surface area contributed by atoms with Crippen LogP contribution in [0.25, 0.3) is 22.0 Å². The lowest BCUT2D eigenvalue weighted by molar-refractivity contribution is -0.693. The third-order valence-electron chi connectivity index (χ3n) is 7.71. The number of aryl methyl sites for hydroxylation is 2. The molecule has 2 heterocycles. The van der Waals surface area contributed by atoms with Crippen molar-refractivity contribution in [3.63, 3.8) is 0 Å². The van der Waals surface area contributed by atoms with E-state index in [1.807, 2.05) is 6.07 Å². The molecule has 0 radical (unpaired) electrons. The summed E-state index contributed by atoms with van der Waals surface area (Å²) in [7, 11) is 3.40. The van der Waals surface area contributed by atoms with Crippen molar-refractivity contribution in [2.24, 2.45) is 0 Å². The van der Waals surface area contributed by atoms with E-state index in [4.69, 9.17) is 14.2 Å². The fraction of sp³-hybridized carbons (Fsp3) is 0.531. The van der Waals surface area contributed by atoms with Crippen molar-refractivity contribution in [1.82, 2.24) is 0 Å². The molecule has 3 aromatic rings. The van der Waals surface area contributed by atoms with Crippen molar-refractivity contribution < 1.29 is 23.9 Å². The molecule has 0 atom stereocenters. The molecule has 38 heavy (non-hydrogen) atoms. The molecule has 6 heteroatoms. The zero-order valence-corrected chi connectivity index (χ0v) is 25.1. The van der Waals surface area contributed by atoms with Crippen molar-refractivity contribution in [2.75, 3.05) is 20.8 Å². The number of aliphatic hydroxyl groups is 1. The summed E-state index contributed by atoms with van der Waals surface area (Å²) in [5.41, 5.74) is 5.75. The summed E-state index contributed by atoms with van der Waals surface area (Å²) in [5, 5.41) is 12.5. The number of benzene rings is 2. The van der Waals surface area contributed by atoms with Gasteiger partial charge < -0.3 is 19.3 Å². The van der Waals surface area contributed by atoms with Gasteiger partial charge in [-0.1, -0.05) is 68.3 Å². The summed E-state index contributed by atoms with van der Waals surface area (Å²) in [6, 6.07) is 8.55. The second kappa shape index (κ2) is 13.7. The Hall–Kier alpha value is -2.31. The van der Waals surface area contributed by atoms with Gasteiger partial charge in [0, 0.05) is 34.3 Å². The topological polar surface area (TPSA) is 51.8 Å². The molecule has 0 bridgehead atoms. The minimum Gasteiger partial charge on any atom is -0.493 e. The van der Waals surface area contributed by atoms with Crippen molar-refractivity contribution in [1.29, 1.82) is 0 Å². The number of hydrogen-bond acceptors (Lipinski definition) is 4. The molecule has 1 aliphatic rings. The molecule has 1 aromatic heterocycles. The van der Waals surface area contributed by atoms with Gasteiger partial charge in [-0.05, 0) is 36.6 Å². The monoisotopic (exact) mass is 584 g/mol. The van der Waals surface area contributed by atoms with Crippen LogP contribution in [-0.2, 0) is 26.0 Å². The molecule has 206 valence electrons. The minimum atomic E-state index is -0.0376. The number of unbranched alkanes of at least 4 members (excludes halogenated alkanes) is 6. The van der Waals surface area contributed by atoms with Crippen LogP contribution in [0.15, 0.2) is 28.7 Å². The zero-order valence-electron chi connectivity index (χ0n) is 23.5. The molecule has 0 saturated carbocycles. The third-order valence-corrected chi connectivity index (χ3v) is 8.36. The molecule has 2 aromatic carbocycles. The Morgan fingerprint density at radius 2 is 1.66 bits per heavy atom. The van der Waals surface area contributed by atoms with Crippen LogP contribution in [0.2, 0.25) is 0 Å². The van der Waals surface area contributed by atoms with Gasteiger partial charge in [0.05, 0.1) is 38.4 Å². The lowest BCUT2D eigenvalue weighted by Gasteiger charge is -2.22. The molecular formula is C32H43BrNO4+. The molecule has 5 nitrogen and oxygen atoms in total. The second-order valence-electron chi connectivity index (χ2n) is 10.3. The smallest absolute Gasteiger partial charge is 0.213 e. The lowest BCUT2D eigenvalue weighted by Crippen LogP contribution is -2.44. The predicted molar refractivity (Wildman–Crippen MR) is 157 cm³/mol. The largest absolute Gasteiger partial charge is 0.493 e. The van der Waals surface area contributed by atoms with Crippen LogP contribution >= 0.6 is 15.9 Å². The van der Waals surface area contributed by atoms with Gasteiger partial charge in [0.25, 0.3) is 0 Å². The SMILES string of the molecule is CCCCCCCCOc1cc2c(cc1CO)-c1cc3c(Br)cc(OC)c(OC)c3c(CCCC)[n+]1CC2. The number of methoxy groups -OCH3 is 2. The number of pyridine rings is 1. The highest BCUT2D eigenvalue weighted by atomic mass is 79.9. The Morgan fingerprint density at radius 1 is 0.895 bits per heavy atom. The van der Waals surface area contributed by atoms with E-state index >= 15 is 0 Å². The maximum atomic E-state index is 10.3. The lowest BCUT2D eigenvalue weighted by atomic mass is 9.91. The van der Waals surface area contributed by atoms with Gasteiger partial charge in [-0.2, -0.15) is 4.57 Å². The quantitative estimate of drug-likeness (QED) is 0.156. The van der Waals surface area contributed by atoms with Gasteiger partial charge in [-0.15, -0.1) is 0 Å². The number of aliphatic hydroxyl groups excluding tert-OH is 1. The first-order valence-electron chi connectivity index (χ1n) is 14.3. The van der Waals surface area contributed by atoms with E-state index in [1.165, 1.54) is 54.6 Å². The first-order chi connectivity index (χ1) is 18.6. The van der Waals surface area contributed by atoms with E-state index in [0.717, 1.165) is 76.7 Å². The Balaban J connectivity index is 1.74. The maximum absolute atomic E-state index is 10.3. The highest BCUT2D eigenvalue weighted by Gasteiger charge is 2.32. The summed E-state index contributed by atoms with van der Waals surface area (Å²) in [5.74, 6) is 2.34. The predicted octanol–water partition coefficient (Wildman–Crippen LogP) is 7.70. The summed E-state index contributed by atoms with van der Waals surface area (Å²) >= 11 is 3.81. The van der Waals surface area contributed by atoms with Crippen LogP contribution in [0.3, 0.4) is 0 Å². The van der Waals surface area contributed by atoms with Crippen molar-refractivity contribution in [3.8, 4) is 28.5 Å². The number of aromatic nitrogens is 1. The molecule has 0 amide bonds. The zero-order chi connectivity index (χ0) is 27.1. The molecule has 1 aliphatic heterocycles. The van der Waals surface area contributed by atoms with Gasteiger partial charge in [-0.25, -0.2) is 0 Å². The average molecular weight is 586 g/mol. The fourth-order valence-corrected chi connectivity index (χ4v) is 6.17. The number of rotatable bonds is 14. The standard InChI is InChI=1S/C32H43BrNO4/c1-5-7-9-10-11-12-16-38-29-18-22-14-15-34-27(13-8-6-2)31-25(19-28(34)24(22)17-23(29)21-35)26(33)20-30(36-3)32(31)37-4/h17-20,35H,5-16,21H2,1-4H3/q+1. The Morgan fingerprint density at radius 3 is 2.37 bits per heavy atom. The summed E-state index contributed by atoms with van der Waals surface area (Å²) in [6.45, 7) is 6.03. The number of halogens is 1. The first kappa shape index (κ1) is 28.7. The van der Waals surface area contributed by atoms with Gasteiger partial charge in [-0.3, -0.25) is 0 Å². The van der Waals surface area contributed by atoms with E-state index < -0.39 is 0 Å². The van der Waals surface area contributed by atoms with Crippen LogP contribution < -0.4 is 18.8 Å². The highest BCUT2D eigenvalue weighted by Crippen LogP contribution is 2.44. The normalized spacial score (nSPS) is 12.4. The summed E-state index contributed by atoms with van der Waals surface area (Å²) < 4.78 is 21.2. The van der Waals surface area contributed by atoms with Crippen LogP contribution in [0, 0.1) is 0 Å². The molecular weight excluding hydrogens is 542 g/mol. The Kier molecular flexibility index (Phi) is 10.3. The molecule has 0 spiro atoms. The summed E-state index contributed by atoms with van der Waals surface area (Å²) in [4.78, 5) is 0. The number of fused-ring (bicyclic) bond motifs is 4. The first-order valence-corrected chi connectivity index (χ1v) is 15.1. The maximum Gasteiger partial charge on any atom is 0.213 e. The van der Waals surface area contributed by atoms with Crippen LogP contribution in [-0.4, -0.2) is 25.9 Å². The fourth-order valence-electron chi connectivity index (χ4n) is 5.65. The van der Waals surface area contributed by atoms with Crippen molar-refractivity contribution in [3.05, 3.63) is 45.6 Å². The Bertz CT molecular complexity index is 1260. The van der Waals surface area contributed by atoms with Crippen LogP contribution in [0.4, 0.5) is 0 Å². The number of hydrogen-bond donors (Lipinski definition) is 1. The Labute approximate surface area is 236 Å². The van der Waals surface area contributed by atoms with E-state index in [1.54, 1.807) is 14.2 Å². The number of nitrogens with zero attached hydrogens (tertiary/aromatic N) is 1. The van der Waals surface area contributed by atoms with Crippen LogP contribution in [0.1, 0.15) is 82.0 Å². The molecule has 0 unspecified atom stereocenters. The molecule has 0 saturated heterocycles. The molecule has 1 N–H and O–H groups in total. The molecule has 0 fully saturated rings. The van der Waals surface area contributed by atoms with Crippen molar-refractivity contribution in [2.45, 2.75) is 91.2 Å². The average Bonchev–Trinajstić information content (AvgIpc) is 2.94. The minimum absolute atomic E-state index is 0.0376. The van der Waals surface area contributed by atoms with E-state index in [0.29, 0.717) is 6.61 Å².